The number of benzene rings is 1. The van der Waals surface area contributed by atoms with Gasteiger partial charge < -0.3 is 0 Å². The molecule has 0 heterocycles. The summed E-state index contributed by atoms with van der Waals surface area (Å²) in [7, 11) is 0. The van der Waals surface area contributed by atoms with Crippen molar-refractivity contribution >= 4 is 12.2 Å². The van der Waals surface area contributed by atoms with Crippen LogP contribution in [0.4, 0.5) is 0 Å². The molecule has 0 bridgehead atoms. The molecule has 1 aromatic rings. The van der Waals surface area contributed by atoms with E-state index in [0.717, 1.165) is 0 Å². The van der Waals surface area contributed by atoms with Gasteiger partial charge in [0.2, 0.25) is 0 Å². The molecule has 0 nitrogen and oxygen atoms in total. The van der Waals surface area contributed by atoms with Gasteiger partial charge in [0, 0.05) is 0 Å². The molecule has 12 heavy (non-hydrogen) atoms. The normalized spacial score (nSPS) is 9.50. The van der Waals surface area contributed by atoms with Crippen LogP contribution in [0.15, 0.2) is 25.3 Å². The second kappa shape index (κ2) is 3.40. The van der Waals surface area contributed by atoms with Crippen molar-refractivity contribution in [3.8, 4) is 0 Å². The molecule has 0 saturated carbocycles. The minimum absolute atomic E-state index is 1.21. The average molecular weight is 158 g/mol. The Morgan fingerprint density at radius 3 is 1.50 bits per heavy atom. The molecular weight excluding hydrogens is 144 g/mol. The van der Waals surface area contributed by atoms with Crippen molar-refractivity contribution in [3.05, 3.63) is 47.5 Å². The molecule has 0 radical (unpaired) electrons. The highest BCUT2D eigenvalue weighted by atomic mass is 14.0. The van der Waals surface area contributed by atoms with E-state index in [1.807, 2.05) is 12.2 Å². The fourth-order valence-electron chi connectivity index (χ4n) is 1.30. The lowest BCUT2D eigenvalue weighted by atomic mass is 10.0. The lowest BCUT2D eigenvalue weighted by Gasteiger charge is -2.05. The van der Waals surface area contributed by atoms with E-state index in [4.69, 9.17) is 0 Å². The lowest BCUT2D eigenvalue weighted by Crippen LogP contribution is -1.86. The molecule has 0 N–H and O–H groups in total. The van der Waals surface area contributed by atoms with Gasteiger partial charge >= 0.3 is 0 Å². The predicted molar refractivity (Wildman–Crippen MR) is 56.1 cm³/mol. The highest BCUT2D eigenvalue weighted by molar-refractivity contribution is 5.60. The van der Waals surface area contributed by atoms with Crippen molar-refractivity contribution in [1.29, 1.82) is 0 Å². The van der Waals surface area contributed by atoms with E-state index in [1.165, 1.54) is 22.3 Å². The Bertz CT molecular complexity index is 285. The van der Waals surface area contributed by atoms with Gasteiger partial charge in [0.25, 0.3) is 0 Å². The van der Waals surface area contributed by atoms with E-state index < -0.39 is 0 Å². The molecule has 0 atom stereocenters. The molecule has 62 valence electrons. The SMILES string of the molecule is C=Cc1cc(C)c(C=C)cc1C. The van der Waals surface area contributed by atoms with E-state index in [2.05, 4.69) is 39.1 Å². The molecule has 0 aromatic heterocycles. The molecule has 0 aliphatic heterocycles. The van der Waals surface area contributed by atoms with E-state index in [-0.39, 0.29) is 0 Å². The van der Waals surface area contributed by atoms with Crippen molar-refractivity contribution < 1.29 is 0 Å². The lowest BCUT2D eigenvalue weighted by molar-refractivity contribution is 1.36. The fourth-order valence-corrected chi connectivity index (χ4v) is 1.30. The topological polar surface area (TPSA) is 0 Å². The molecule has 0 aliphatic rings. The minimum atomic E-state index is 1.21. The molecule has 0 saturated heterocycles. The molecule has 1 aromatic carbocycles. The standard InChI is InChI=1S/C12H14/c1-5-11-7-10(4)12(6-2)8-9(11)3/h5-8H,1-2H2,3-4H3. The second-order valence-corrected chi connectivity index (χ2v) is 2.97. The molecule has 0 heteroatoms. The molecule has 1 rings (SSSR count). The van der Waals surface area contributed by atoms with Crippen LogP contribution in [0, 0.1) is 13.8 Å². The van der Waals surface area contributed by atoms with E-state index >= 15 is 0 Å². The molecule has 0 fully saturated rings. The first-order chi connectivity index (χ1) is 5.69. The van der Waals surface area contributed by atoms with Crippen LogP contribution in [0.3, 0.4) is 0 Å². The fraction of sp³-hybridized carbons (Fsp3) is 0.167. The Hall–Kier alpha value is -1.30. The van der Waals surface area contributed by atoms with Crippen molar-refractivity contribution in [2.45, 2.75) is 13.8 Å². The van der Waals surface area contributed by atoms with Gasteiger partial charge in [-0.2, -0.15) is 0 Å². The van der Waals surface area contributed by atoms with E-state index in [9.17, 15) is 0 Å². The van der Waals surface area contributed by atoms with Crippen molar-refractivity contribution in [2.24, 2.45) is 0 Å². The quantitative estimate of drug-likeness (QED) is 0.617. The Morgan fingerprint density at radius 1 is 0.917 bits per heavy atom. The zero-order valence-corrected chi connectivity index (χ0v) is 7.72. The number of hydrogen-bond acceptors (Lipinski definition) is 0. The first-order valence-corrected chi connectivity index (χ1v) is 4.05. The van der Waals surface area contributed by atoms with Crippen molar-refractivity contribution in [2.75, 3.05) is 0 Å². The maximum Gasteiger partial charge on any atom is -0.0230 e. The zero-order chi connectivity index (χ0) is 9.14. The van der Waals surface area contributed by atoms with Gasteiger partial charge in [-0.1, -0.05) is 37.4 Å². The Balaban J connectivity index is 3.34. The third-order valence-electron chi connectivity index (χ3n) is 2.09. The predicted octanol–water partition coefficient (Wildman–Crippen LogP) is 3.59. The van der Waals surface area contributed by atoms with Gasteiger partial charge in [-0.3, -0.25) is 0 Å². The molecule has 0 spiro atoms. The summed E-state index contributed by atoms with van der Waals surface area (Å²) in [5.74, 6) is 0. The summed E-state index contributed by atoms with van der Waals surface area (Å²) in [6, 6.07) is 4.28. The van der Waals surface area contributed by atoms with Gasteiger partial charge in [0.15, 0.2) is 0 Å². The molecule has 0 amide bonds. The average Bonchev–Trinajstić information content (AvgIpc) is 2.08. The van der Waals surface area contributed by atoms with Crippen LogP contribution in [0.2, 0.25) is 0 Å². The minimum Gasteiger partial charge on any atom is -0.0985 e. The summed E-state index contributed by atoms with van der Waals surface area (Å²) in [4.78, 5) is 0. The van der Waals surface area contributed by atoms with Gasteiger partial charge in [-0.15, -0.1) is 0 Å². The Kier molecular flexibility index (Phi) is 2.49. The first kappa shape index (κ1) is 8.79. The maximum absolute atomic E-state index is 3.76. The largest absolute Gasteiger partial charge is 0.0985 e. The van der Waals surface area contributed by atoms with Crippen LogP contribution in [0.5, 0.6) is 0 Å². The van der Waals surface area contributed by atoms with Crippen LogP contribution in [0.25, 0.3) is 12.2 Å². The summed E-state index contributed by atoms with van der Waals surface area (Å²) in [5.41, 5.74) is 4.92. The van der Waals surface area contributed by atoms with Gasteiger partial charge in [-0.25, -0.2) is 0 Å². The Morgan fingerprint density at radius 2 is 1.25 bits per heavy atom. The zero-order valence-electron chi connectivity index (χ0n) is 7.72. The van der Waals surface area contributed by atoms with Crippen molar-refractivity contribution in [1.82, 2.24) is 0 Å². The van der Waals surface area contributed by atoms with E-state index in [0.29, 0.717) is 0 Å². The molecule has 0 aliphatic carbocycles. The van der Waals surface area contributed by atoms with Crippen LogP contribution in [0.1, 0.15) is 22.3 Å². The van der Waals surface area contributed by atoms with Crippen LogP contribution >= 0.6 is 0 Å². The smallest absolute Gasteiger partial charge is 0.0230 e. The van der Waals surface area contributed by atoms with Crippen LogP contribution in [-0.2, 0) is 0 Å². The van der Waals surface area contributed by atoms with Crippen LogP contribution in [-0.4, -0.2) is 0 Å². The first-order valence-electron chi connectivity index (χ1n) is 4.05. The highest BCUT2D eigenvalue weighted by Gasteiger charge is 1.98. The highest BCUT2D eigenvalue weighted by Crippen LogP contribution is 2.17. The number of rotatable bonds is 2. The van der Waals surface area contributed by atoms with Gasteiger partial charge in [-0.05, 0) is 36.1 Å². The van der Waals surface area contributed by atoms with Crippen molar-refractivity contribution in [3.63, 3.8) is 0 Å². The summed E-state index contributed by atoms with van der Waals surface area (Å²) >= 11 is 0. The summed E-state index contributed by atoms with van der Waals surface area (Å²) < 4.78 is 0. The maximum atomic E-state index is 3.76. The number of hydrogen-bond donors (Lipinski definition) is 0. The van der Waals surface area contributed by atoms with Crippen LogP contribution < -0.4 is 0 Å². The monoisotopic (exact) mass is 158 g/mol. The summed E-state index contributed by atoms with van der Waals surface area (Å²) in [5, 5.41) is 0. The second-order valence-electron chi connectivity index (χ2n) is 2.97. The molecule has 0 unspecified atom stereocenters. The summed E-state index contributed by atoms with van der Waals surface area (Å²) in [6.07, 6.45) is 3.77. The number of aryl methyl sites for hydroxylation is 2. The molecular formula is C12H14. The third-order valence-corrected chi connectivity index (χ3v) is 2.09. The van der Waals surface area contributed by atoms with Gasteiger partial charge in [0.1, 0.15) is 0 Å². The van der Waals surface area contributed by atoms with Gasteiger partial charge in [0.05, 0.1) is 0 Å². The third kappa shape index (κ3) is 1.48. The summed E-state index contributed by atoms with van der Waals surface area (Å²) in [6.45, 7) is 11.7. The van der Waals surface area contributed by atoms with E-state index in [1.54, 1.807) is 0 Å². The Labute approximate surface area is 74.2 Å².